The van der Waals surface area contributed by atoms with Crippen molar-refractivity contribution in [2.24, 2.45) is 0 Å². The molecule has 5 heteroatoms. The van der Waals surface area contributed by atoms with Crippen LogP contribution in [0.1, 0.15) is 17.3 Å². The molecule has 0 saturated carbocycles. The summed E-state index contributed by atoms with van der Waals surface area (Å²) < 4.78 is 18.6. The van der Waals surface area contributed by atoms with Gasteiger partial charge in [-0.15, -0.1) is 12.6 Å². The molecule has 94 valence electrons. The Balaban J connectivity index is 2.71. The monoisotopic (exact) mass is 257 g/mol. The van der Waals surface area contributed by atoms with Crippen molar-refractivity contribution in [3.8, 4) is 0 Å². The van der Waals surface area contributed by atoms with Crippen molar-refractivity contribution in [1.29, 1.82) is 0 Å². The van der Waals surface area contributed by atoms with Gasteiger partial charge < -0.3 is 9.64 Å². The van der Waals surface area contributed by atoms with Crippen LogP contribution >= 0.6 is 12.6 Å². The fraction of sp³-hybridized carbons (Fsp3) is 0.417. The number of carbonyl (C=O) groups is 1. The average Bonchev–Trinajstić information content (AvgIpc) is 2.31. The second kappa shape index (κ2) is 6.61. The van der Waals surface area contributed by atoms with Crippen LogP contribution in [0.2, 0.25) is 0 Å². The summed E-state index contributed by atoms with van der Waals surface area (Å²) in [5.74, 6) is -0.894. The topological polar surface area (TPSA) is 29.5 Å². The maximum atomic E-state index is 13.5. The van der Waals surface area contributed by atoms with Gasteiger partial charge in [-0.1, -0.05) is 0 Å². The Kier molecular flexibility index (Phi) is 5.44. The van der Waals surface area contributed by atoms with Crippen LogP contribution in [0.5, 0.6) is 0 Å². The van der Waals surface area contributed by atoms with Crippen molar-refractivity contribution in [3.63, 3.8) is 0 Å². The fourth-order valence-corrected chi connectivity index (χ4v) is 1.53. The lowest BCUT2D eigenvalue weighted by molar-refractivity contribution is 0.0705. The van der Waals surface area contributed by atoms with E-state index in [1.165, 1.54) is 23.1 Å². The van der Waals surface area contributed by atoms with Crippen molar-refractivity contribution < 1.29 is 13.9 Å². The summed E-state index contributed by atoms with van der Waals surface area (Å²) in [6.07, 6.45) is 0. The van der Waals surface area contributed by atoms with Crippen LogP contribution in [-0.2, 0) is 4.74 Å². The number of hydrogen-bond acceptors (Lipinski definition) is 3. The van der Waals surface area contributed by atoms with E-state index < -0.39 is 5.82 Å². The van der Waals surface area contributed by atoms with Gasteiger partial charge in [0.1, 0.15) is 5.82 Å². The van der Waals surface area contributed by atoms with Gasteiger partial charge in [0.2, 0.25) is 0 Å². The Morgan fingerprint density at radius 2 is 2.24 bits per heavy atom. The number of nitrogens with zero attached hydrogens (tertiary/aromatic N) is 1. The molecule has 3 nitrogen and oxygen atoms in total. The third kappa shape index (κ3) is 4.02. The SMILES string of the molecule is CCOCCN(C)C(=O)c1cc(S)ccc1F. The molecular weight excluding hydrogens is 241 g/mol. The maximum absolute atomic E-state index is 13.5. The number of carbonyl (C=O) groups excluding carboxylic acids is 1. The number of hydrogen-bond donors (Lipinski definition) is 1. The van der Waals surface area contributed by atoms with E-state index in [4.69, 9.17) is 4.74 Å². The van der Waals surface area contributed by atoms with Crippen LogP contribution in [0.15, 0.2) is 23.1 Å². The maximum Gasteiger partial charge on any atom is 0.256 e. The largest absolute Gasteiger partial charge is 0.380 e. The summed E-state index contributed by atoms with van der Waals surface area (Å²) in [5, 5.41) is 0. The van der Waals surface area contributed by atoms with E-state index in [0.717, 1.165) is 0 Å². The van der Waals surface area contributed by atoms with Crippen molar-refractivity contribution in [2.75, 3.05) is 26.8 Å². The van der Waals surface area contributed by atoms with Gasteiger partial charge in [0.25, 0.3) is 5.91 Å². The van der Waals surface area contributed by atoms with Crippen LogP contribution in [0.3, 0.4) is 0 Å². The van der Waals surface area contributed by atoms with Gasteiger partial charge in [0.05, 0.1) is 12.2 Å². The molecule has 17 heavy (non-hydrogen) atoms. The van der Waals surface area contributed by atoms with E-state index >= 15 is 0 Å². The van der Waals surface area contributed by atoms with Crippen LogP contribution in [-0.4, -0.2) is 37.6 Å². The highest BCUT2D eigenvalue weighted by atomic mass is 32.1. The molecule has 0 atom stereocenters. The molecule has 0 aliphatic heterocycles. The minimum Gasteiger partial charge on any atom is -0.380 e. The molecule has 1 aromatic rings. The van der Waals surface area contributed by atoms with Crippen molar-refractivity contribution in [3.05, 3.63) is 29.6 Å². The normalized spacial score (nSPS) is 10.4. The highest BCUT2D eigenvalue weighted by molar-refractivity contribution is 7.80. The zero-order chi connectivity index (χ0) is 12.8. The van der Waals surface area contributed by atoms with Crippen molar-refractivity contribution in [2.45, 2.75) is 11.8 Å². The molecule has 0 radical (unpaired) electrons. The summed E-state index contributed by atoms with van der Waals surface area (Å²) in [6, 6.07) is 4.18. The third-order valence-electron chi connectivity index (χ3n) is 2.30. The molecule has 0 heterocycles. The summed E-state index contributed by atoms with van der Waals surface area (Å²) in [6.45, 7) is 3.36. The molecule has 0 spiro atoms. The summed E-state index contributed by atoms with van der Waals surface area (Å²) >= 11 is 4.09. The number of likely N-dealkylation sites (N-methyl/N-ethyl adjacent to an activating group) is 1. The van der Waals surface area contributed by atoms with Gasteiger partial charge in [0.15, 0.2) is 0 Å². The number of rotatable bonds is 5. The Labute approximate surface area is 106 Å². The van der Waals surface area contributed by atoms with Gasteiger partial charge in [-0.3, -0.25) is 4.79 Å². The van der Waals surface area contributed by atoms with E-state index in [0.29, 0.717) is 24.7 Å². The first-order valence-corrected chi connectivity index (χ1v) is 5.82. The zero-order valence-corrected chi connectivity index (χ0v) is 10.8. The molecule has 0 aliphatic carbocycles. The van der Waals surface area contributed by atoms with Gasteiger partial charge in [-0.05, 0) is 25.1 Å². The zero-order valence-electron chi connectivity index (χ0n) is 9.94. The first-order chi connectivity index (χ1) is 8.06. The highest BCUT2D eigenvalue weighted by Crippen LogP contribution is 2.15. The summed E-state index contributed by atoms with van der Waals surface area (Å²) in [5.41, 5.74) is 0.0384. The first-order valence-electron chi connectivity index (χ1n) is 5.38. The molecule has 0 bridgehead atoms. The van der Waals surface area contributed by atoms with Gasteiger partial charge >= 0.3 is 0 Å². The number of ether oxygens (including phenoxy) is 1. The quantitative estimate of drug-likeness (QED) is 0.647. The third-order valence-corrected chi connectivity index (χ3v) is 2.58. The van der Waals surface area contributed by atoms with E-state index in [-0.39, 0.29) is 11.5 Å². The first kappa shape index (κ1) is 14.0. The molecule has 0 fully saturated rings. The van der Waals surface area contributed by atoms with Crippen molar-refractivity contribution >= 4 is 18.5 Å². The minimum absolute atomic E-state index is 0.0384. The van der Waals surface area contributed by atoms with E-state index in [9.17, 15) is 9.18 Å². The Morgan fingerprint density at radius 3 is 2.88 bits per heavy atom. The lowest BCUT2D eigenvalue weighted by Crippen LogP contribution is -2.30. The summed E-state index contributed by atoms with van der Waals surface area (Å²) in [7, 11) is 1.62. The Bertz CT molecular complexity index is 398. The minimum atomic E-state index is -0.531. The van der Waals surface area contributed by atoms with Crippen LogP contribution in [0.4, 0.5) is 4.39 Å². The molecule has 1 rings (SSSR count). The molecule has 1 amide bonds. The van der Waals surface area contributed by atoms with Crippen LogP contribution in [0, 0.1) is 5.82 Å². The molecule has 0 N–H and O–H groups in total. The fourth-order valence-electron chi connectivity index (χ4n) is 1.33. The molecule has 0 aromatic heterocycles. The lowest BCUT2D eigenvalue weighted by atomic mass is 10.2. The molecule has 1 aromatic carbocycles. The predicted octanol–water partition coefficient (Wildman–Crippen LogP) is 2.22. The van der Waals surface area contributed by atoms with Gasteiger partial charge in [-0.2, -0.15) is 0 Å². The van der Waals surface area contributed by atoms with Crippen LogP contribution < -0.4 is 0 Å². The second-order valence-electron chi connectivity index (χ2n) is 3.59. The number of benzene rings is 1. The summed E-state index contributed by atoms with van der Waals surface area (Å²) in [4.78, 5) is 13.9. The molecule has 0 unspecified atom stereocenters. The number of thiol groups is 1. The average molecular weight is 257 g/mol. The van der Waals surface area contributed by atoms with E-state index in [1.54, 1.807) is 7.05 Å². The van der Waals surface area contributed by atoms with Gasteiger partial charge in [-0.25, -0.2) is 4.39 Å². The predicted molar refractivity (Wildman–Crippen MR) is 67.1 cm³/mol. The number of halogens is 1. The number of amides is 1. The van der Waals surface area contributed by atoms with E-state index in [2.05, 4.69) is 12.6 Å². The Morgan fingerprint density at radius 1 is 1.53 bits per heavy atom. The molecular formula is C12H16FNO2S. The van der Waals surface area contributed by atoms with Crippen molar-refractivity contribution in [1.82, 2.24) is 4.90 Å². The smallest absolute Gasteiger partial charge is 0.256 e. The lowest BCUT2D eigenvalue weighted by Gasteiger charge is -2.17. The Hall–Kier alpha value is -1.07. The van der Waals surface area contributed by atoms with Crippen LogP contribution in [0.25, 0.3) is 0 Å². The van der Waals surface area contributed by atoms with Gasteiger partial charge in [0, 0.05) is 25.1 Å². The second-order valence-corrected chi connectivity index (χ2v) is 4.10. The molecule has 0 saturated heterocycles. The standard InChI is InChI=1S/C12H16FNO2S/c1-3-16-7-6-14(2)12(15)10-8-9(17)4-5-11(10)13/h4-5,8,17H,3,6-7H2,1-2H3. The highest BCUT2D eigenvalue weighted by Gasteiger charge is 2.16. The molecule has 0 aliphatic rings. The van der Waals surface area contributed by atoms with E-state index in [1.807, 2.05) is 6.92 Å².